The van der Waals surface area contributed by atoms with Gasteiger partial charge in [0.2, 0.25) is 5.88 Å². The molecule has 0 aliphatic rings. The zero-order valence-electron chi connectivity index (χ0n) is 21.4. The van der Waals surface area contributed by atoms with Crippen LogP contribution >= 0.6 is 22.9 Å². The summed E-state index contributed by atoms with van der Waals surface area (Å²) in [6.07, 6.45) is 1.82. The van der Waals surface area contributed by atoms with Crippen molar-refractivity contribution in [1.82, 2.24) is 19.9 Å². The number of nitrogens with zero attached hydrogens (tertiary/aromatic N) is 5. The molecule has 1 atom stereocenters. The number of aryl methyl sites for hydroxylation is 2. The van der Waals surface area contributed by atoms with Gasteiger partial charge in [-0.2, -0.15) is 0 Å². The van der Waals surface area contributed by atoms with Gasteiger partial charge in [0.1, 0.15) is 22.2 Å². The highest BCUT2D eigenvalue weighted by Crippen LogP contribution is 2.40. The van der Waals surface area contributed by atoms with Gasteiger partial charge in [-0.1, -0.05) is 11.6 Å². The van der Waals surface area contributed by atoms with Crippen LogP contribution in [0.2, 0.25) is 5.02 Å². The number of hydrogen-bond acceptors (Lipinski definition) is 8. The van der Waals surface area contributed by atoms with Gasteiger partial charge in [0, 0.05) is 17.3 Å². The second-order valence-corrected chi connectivity index (χ2v) is 10.3. The fraction of sp³-hybridized carbons (Fsp3) is 0.222. The molecule has 12 heteroatoms. The van der Waals surface area contributed by atoms with Crippen molar-refractivity contribution in [1.29, 1.82) is 0 Å². The highest BCUT2D eigenvalue weighted by atomic mass is 35.5. The number of carbonyl (C=O) groups is 1. The molecule has 200 valence electrons. The largest absolute Gasteiger partial charge is 0.488 e. The van der Waals surface area contributed by atoms with E-state index in [9.17, 15) is 9.90 Å². The van der Waals surface area contributed by atoms with Crippen LogP contribution in [0.25, 0.3) is 31.8 Å². The Bertz CT molecular complexity index is 1710. The van der Waals surface area contributed by atoms with Crippen molar-refractivity contribution in [3.8, 4) is 22.2 Å². The highest BCUT2D eigenvalue weighted by molar-refractivity contribution is 7.21. The monoisotopic (exact) mass is 567 g/mol. The summed E-state index contributed by atoms with van der Waals surface area (Å²) < 4.78 is 26.8. The molecule has 0 bridgehead atoms. The average Bonchev–Trinajstić information content (AvgIpc) is 3.34. The van der Waals surface area contributed by atoms with E-state index in [1.807, 2.05) is 19.1 Å². The number of pyridine rings is 1. The zero-order valence-corrected chi connectivity index (χ0v) is 23.0. The quantitative estimate of drug-likeness (QED) is 0.232. The minimum absolute atomic E-state index is 0.0967. The van der Waals surface area contributed by atoms with Crippen molar-refractivity contribution in [2.75, 3.05) is 18.6 Å². The summed E-state index contributed by atoms with van der Waals surface area (Å²) in [5, 5.41) is 10.2. The van der Waals surface area contributed by atoms with Crippen LogP contribution in [0.4, 0.5) is 14.9 Å². The van der Waals surface area contributed by atoms with Gasteiger partial charge in [0.25, 0.3) is 0 Å². The molecule has 0 radical (unpaired) electrons. The van der Waals surface area contributed by atoms with Crippen molar-refractivity contribution in [2.45, 2.75) is 26.8 Å². The molecule has 3 heterocycles. The third-order valence-corrected chi connectivity index (χ3v) is 7.42. The molecule has 9 nitrogen and oxygen atoms in total. The Morgan fingerprint density at radius 2 is 1.95 bits per heavy atom. The fourth-order valence-corrected chi connectivity index (χ4v) is 5.47. The van der Waals surface area contributed by atoms with Crippen LogP contribution in [0.3, 0.4) is 0 Å². The maximum absolute atomic E-state index is 15.3. The Morgan fingerprint density at radius 1 is 1.15 bits per heavy atom. The minimum atomic E-state index is -1.18. The highest BCUT2D eigenvalue weighted by Gasteiger charge is 2.24. The number of aromatic nitrogens is 4. The van der Waals surface area contributed by atoms with Crippen molar-refractivity contribution in [3.05, 3.63) is 64.8 Å². The maximum atomic E-state index is 15.3. The Kier molecular flexibility index (Phi) is 7.19. The van der Waals surface area contributed by atoms with Gasteiger partial charge in [-0.15, -0.1) is 11.3 Å². The van der Waals surface area contributed by atoms with Crippen LogP contribution < -0.4 is 14.4 Å². The molecule has 5 aromatic rings. The number of carboxylic acid groups (broad SMARTS) is 1. The molecule has 0 aliphatic heterocycles. The van der Waals surface area contributed by atoms with Gasteiger partial charge in [0.15, 0.2) is 11.6 Å². The lowest BCUT2D eigenvalue weighted by Gasteiger charge is -2.26. The van der Waals surface area contributed by atoms with Gasteiger partial charge in [-0.3, -0.25) is 9.88 Å². The Labute approximate surface area is 231 Å². The van der Waals surface area contributed by atoms with Gasteiger partial charge in [-0.25, -0.2) is 24.1 Å². The second kappa shape index (κ2) is 10.6. The Hall–Kier alpha value is -4.09. The molecule has 0 fully saturated rings. The number of benzene rings is 2. The number of thiazole rings is 1. The number of methoxy groups -OCH3 is 1. The second-order valence-electron chi connectivity index (χ2n) is 8.93. The molecular formula is C27H23ClFN5O4S. The normalized spacial score (nSPS) is 12.1. The van der Waals surface area contributed by atoms with E-state index in [0.717, 1.165) is 21.7 Å². The summed E-state index contributed by atoms with van der Waals surface area (Å²) in [5.41, 5.74) is 4.39. The van der Waals surface area contributed by atoms with Crippen molar-refractivity contribution in [3.63, 3.8) is 0 Å². The number of hydrogen-bond donors (Lipinski definition) is 1. The predicted octanol–water partition coefficient (Wildman–Crippen LogP) is 6.67. The molecule has 3 aromatic heterocycles. The number of ether oxygens (including phenoxy) is 2. The number of anilines is 1. The molecule has 0 saturated heterocycles. The smallest absolute Gasteiger partial charge is 0.412 e. The first kappa shape index (κ1) is 26.5. The van der Waals surface area contributed by atoms with Gasteiger partial charge in [0.05, 0.1) is 47.0 Å². The number of halogens is 2. The molecule has 0 aliphatic carbocycles. The SMILES string of the molecule is COc1cnc2c(-c3nc4c(Cl)c(F)c(OC[C@@H](C)N(C(=O)O)c5ccc(C)nc5)cc4s3)cc(C)cc2n1. The van der Waals surface area contributed by atoms with E-state index in [4.69, 9.17) is 21.1 Å². The zero-order chi connectivity index (χ0) is 27.8. The van der Waals surface area contributed by atoms with Crippen molar-refractivity contribution in [2.24, 2.45) is 0 Å². The van der Waals surface area contributed by atoms with Crippen LogP contribution in [0.5, 0.6) is 11.6 Å². The molecule has 0 spiro atoms. The number of amides is 1. The molecule has 1 N–H and O–H groups in total. The molecule has 1 amide bonds. The molecule has 0 saturated carbocycles. The Balaban J connectivity index is 1.47. The lowest BCUT2D eigenvalue weighted by atomic mass is 10.1. The van der Waals surface area contributed by atoms with Crippen LogP contribution in [-0.2, 0) is 0 Å². The van der Waals surface area contributed by atoms with Gasteiger partial charge >= 0.3 is 6.09 Å². The van der Waals surface area contributed by atoms with E-state index >= 15 is 4.39 Å². The summed E-state index contributed by atoms with van der Waals surface area (Å²) in [6.45, 7) is 5.28. The molecule has 2 aromatic carbocycles. The summed E-state index contributed by atoms with van der Waals surface area (Å²) in [6, 6.07) is 8.08. The van der Waals surface area contributed by atoms with E-state index in [-0.39, 0.29) is 17.4 Å². The van der Waals surface area contributed by atoms with E-state index in [1.165, 1.54) is 36.9 Å². The topological polar surface area (TPSA) is 111 Å². The van der Waals surface area contributed by atoms with Crippen LogP contribution in [0.1, 0.15) is 18.2 Å². The number of fused-ring (bicyclic) bond motifs is 2. The summed E-state index contributed by atoms with van der Waals surface area (Å²) in [4.78, 5) is 30.8. The molecule has 39 heavy (non-hydrogen) atoms. The minimum Gasteiger partial charge on any atom is -0.488 e. The van der Waals surface area contributed by atoms with Crippen LogP contribution in [-0.4, -0.2) is 50.9 Å². The summed E-state index contributed by atoms with van der Waals surface area (Å²) >= 11 is 7.70. The average molecular weight is 568 g/mol. The lowest BCUT2D eigenvalue weighted by Crippen LogP contribution is -2.41. The Morgan fingerprint density at radius 3 is 2.64 bits per heavy atom. The predicted molar refractivity (Wildman–Crippen MR) is 149 cm³/mol. The maximum Gasteiger partial charge on any atom is 0.412 e. The summed E-state index contributed by atoms with van der Waals surface area (Å²) in [7, 11) is 1.52. The third-order valence-electron chi connectivity index (χ3n) is 6.04. The third kappa shape index (κ3) is 5.15. The first-order chi connectivity index (χ1) is 18.7. The van der Waals surface area contributed by atoms with E-state index < -0.39 is 18.0 Å². The first-order valence-electron chi connectivity index (χ1n) is 11.8. The summed E-state index contributed by atoms with van der Waals surface area (Å²) in [5.74, 6) is -0.476. The molecule has 5 rings (SSSR count). The van der Waals surface area contributed by atoms with Crippen molar-refractivity contribution < 1.29 is 23.8 Å². The van der Waals surface area contributed by atoms with Crippen molar-refractivity contribution >= 4 is 56.0 Å². The van der Waals surface area contributed by atoms with Crippen LogP contribution in [0.15, 0.2) is 42.7 Å². The van der Waals surface area contributed by atoms with Gasteiger partial charge in [-0.05, 0) is 50.6 Å². The van der Waals surface area contributed by atoms with E-state index in [1.54, 1.807) is 26.0 Å². The van der Waals surface area contributed by atoms with Gasteiger partial charge < -0.3 is 14.6 Å². The fourth-order valence-electron chi connectivity index (χ4n) is 4.15. The molecule has 0 unspecified atom stereocenters. The standard InChI is InChI=1S/C27H23ClFN5O4S/c1-13-7-17(24-18(8-13)32-21(37-4)11-31-24)26-33-25-20(39-26)9-19(23(29)22(25)28)38-12-15(3)34(27(35)36)16-6-5-14(2)30-10-16/h5-11,15H,12H2,1-4H3,(H,35,36)/t15-/m1/s1. The lowest BCUT2D eigenvalue weighted by molar-refractivity contribution is 0.194. The first-order valence-corrected chi connectivity index (χ1v) is 13.0. The van der Waals surface area contributed by atoms with E-state index in [2.05, 4.69) is 19.9 Å². The molecular weight excluding hydrogens is 545 g/mol. The van der Waals surface area contributed by atoms with E-state index in [0.29, 0.717) is 37.8 Å². The number of rotatable bonds is 7. The van der Waals surface area contributed by atoms with Crippen LogP contribution in [0, 0.1) is 19.7 Å².